The molecule has 0 radical (unpaired) electrons. The molecule has 0 unspecified atom stereocenters. The zero-order chi connectivity index (χ0) is 12.1. The Kier molecular flexibility index (Phi) is 5.01. The smallest absolute Gasteiger partial charge is 0.0784 e. The van der Waals surface area contributed by atoms with Crippen LogP contribution < -0.4 is 0 Å². The molecular formula is C15H24O. The molecule has 0 aliphatic heterocycles. The van der Waals surface area contributed by atoms with Gasteiger partial charge in [-0.3, -0.25) is 0 Å². The Morgan fingerprint density at radius 3 is 2.56 bits per heavy atom. The molecule has 0 bridgehead atoms. The van der Waals surface area contributed by atoms with E-state index in [1.807, 2.05) is 6.92 Å². The van der Waals surface area contributed by atoms with Crippen LogP contribution in [-0.4, -0.2) is 11.2 Å². The maximum absolute atomic E-state index is 10.1. The van der Waals surface area contributed by atoms with Crippen molar-refractivity contribution in [2.75, 3.05) is 0 Å². The average Bonchev–Trinajstić information content (AvgIpc) is 2.22. The molecule has 1 N–H and O–H groups in total. The summed E-state index contributed by atoms with van der Waals surface area (Å²) in [6.07, 6.45) is 8.14. The van der Waals surface area contributed by atoms with Crippen LogP contribution in [0.5, 0.6) is 0 Å². The minimum atomic E-state index is -0.295. The van der Waals surface area contributed by atoms with Gasteiger partial charge in [0.25, 0.3) is 0 Å². The molecule has 0 aromatic heterocycles. The second kappa shape index (κ2) is 6.05. The first-order chi connectivity index (χ1) is 7.50. The summed E-state index contributed by atoms with van der Waals surface area (Å²) in [4.78, 5) is 0. The van der Waals surface area contributed by atoms with Crippen molar-refractivity contribution in [2.24, 2.45) is 0 Å². The van der Waals surface area contributed by atoms with Gasteiger partial charge in [0, 0.05) is 0 Å². The van der Waals surface area contributed by atoms with Crippen molar-refractivity contribution >= 4 is 0 Å². The second-order valence-corrected chi connectivity index (χ2v) is 5.06. The molecule has 1 atom stereocenters. The number of hydrogen-bond donors (Lipinski definition) is 1. The summed E-state index contributed by atoms with van der Waals surface area (Å²) in [5, 5.41) is 10.1. The van der Waals surface area contributed by atoms with Crippen LogP contribution in [0.4, 0.5) is 0 Å². The molecule has 90 valence electrons. The molecule has 16 heavy (non-hydrogen) atoms. The predicted molar refractivity (Wildman–Crippen MR) is 70.4 cm³/mol. The van der Waals surface area contributed by atoms with Gasteiger partial charge in [0.1, 0.15) is 0 Å². The normalized spacial score (nSPS) is 30.1. The lowest BCUT2D eigenvalue weighted by molar-refractivity contribution is 0.209. The Bertz CT molecular complexity index is 327. The first-order valence-electron chi connectivity index (χ1n) is 6.16. The number of aliphatic hydroxyl groups excluding tert-OH is 1. The van der Waals surface area contributed by atoms with E-state index in [1.54, 1.807) is 0 Å². The van der Waals surface area contributed by atoms with Crippen molar-refractivity contribution in [1.82, 2.24) is 0 Å². The quantitative estimate of drug-likeness (QED) is 0.608. The molecule has 0 aromatic carbocycles. The van der Waals surface area contributed by atoms with Gasteiger partial charge < -0.3 is 5.11 Å². The van der Waals surface area contributed by atoms with E-state index in [1.165, 1.54) is 16.7 Å². The fourth-order valence-electron chi connectivity index (χ4n) is 1.95. The van der Waals surface area contributed by atoms with Gasteiger partial charge in [-0.05, 0) is 59.0 Å². The Hall–Kier alpha value is -0.820. The third kappa shape index (κ3) is 3.97. The van der Waals surface area contributed by atoms with Crippen molar-refractivity contribution in [1.29, 1.82) is 0 Å². The topological polar surface area (TPSA) is 20.2 Å². The number of allylic oxidation sites excluding steroid dienone is 4. The van der Waals surface area contributed by atoms with Gasteiger partial charge in [-0.25, -0.2) is 0 Å². The number of aliphatic hydroxyl groups is 1. The molecule has 1 aliphatic rings. The highest BCUT2D eigenvalue weighted by molar-refractivity contribution is 5.21. The highest BCUT2D eigenvalue weighted by Crippen LogP contribution is 2.23. The molecule has 0 amide bonds. The first-order valence-corrected chi connectivity index (χ1v) is 6.16. The zero-order valence-electron chi connectivity index (χ0n) is 11.0. The molecule has 0 saturated heterocycles. The molecule has 0 saturated carbocycles. The van der Waals surface area contributed by atoms with Gasteiger partial charge in [0.2, 0.25) is 0 Å². The van der Waals surface area contributed by atoms with E-state index < -0.39 is 0 Å². The summed E-state index contributed by atoms with van der Waals surface area (Å²) in [5.41, 5.74) is 5.30. The largest absolute Gasteiger partial charge is 0.388 e. The summed E-state index contributed by atoms with van der Waals surface area (Å²) < 4.78 is 0. The molecule has 0 heterocycles. The van der Waals surface area contributed by atoms with Gasteiger partial charge in [0.05, 0.1) is 6.10 Å². The highest BCUT2D eigenvalue weighted by atomic mass is 16.3. The van der Waals surface area contributed by atoms with Crippen LogP contribution in [0.2, 0.25) is 0 Å². The fraction of sp³-hybridized carbons (Fsp3) is 0.600. The van der Waals surface area contributed by atoms with Crippen LogP contribution in [0.3, 0.4) is 0 Å². The first kappa shape index (κ1) is 13.2. The lowest BCUT2D eigenvalue weighted by atomic mass is 9.93. The standard InChI is InChI=1S/C15H24O/c1-11(2)14-9-8-12(3)6-5-7-13(4)15(16)10-14/h7-8,15-16H,5-6,9-10H2,1-4H3/b12-8+,13-7+/t15-/m0/s1. The maximum Gasteiger partial charge on any atom is 0.0784 e. The lowest BCUT2D eigenvalue weighted by Crippen LogP contribution is -2.10. The minimum Gasteiger partial charge on any atom is -0.388 e. The molecule has 1 heteroatoms. The Balaban J connectivity index is 2.92. The van der Waals surface area contributed by atoms with Crippen molar-refractivity contribution in [2.45, 2.75) is 59.5 Å². The monoisotopic (exact) mass is 220 g/mol. The minimum absolute atomic E-state index is 0.295. The van der Waals surface area contributed by atoms with Crippen LogP contribution in [0.15, 0.2) is 34.4 Å². The molecule has 1 nitrogen and oxygen atoms in total. The van der Waals surface area contributed by atoms with E-state index in [4.69, 9.17) is 0 Å². The zero-order valence-corrected chi connectivity index (χ0v) is 11.0. The summed E-state index contributed by atoms with van der Waals surface area (Å²) in [7, 11) is 0. The fourth-order valence-corrected chi connectivity index (χ4v) is 1.95. The van der Waals surface area contributed by atoms with Crippen molar-refractivity contribution in [3.8, 4) is 0 Å². The molecule has 1 rings (SSSR count). The third-order valence-corrected chi connectivity index (χ3v) is 3.37. The van der Waals surface area contributed by atoms with Crippen molar-refractivity contribution < 1.29 is 5.11 Å². The van der Waals surface area contributed by atoms with Gasteiger partial charge in [-0.1, -0.05) is 28.9 Å². The molecule has 0 fully saturated rings. The number of rotatable bonds is 0. The number of hydrogen-bond acceptors (Lipinski definition) is 1. The Labute approximate surface area is 99.6 Å². The molecular weight excluding hydrogens is 196 g/mol. The SMILES string of the molecule is CC(C)=C1C/C=C(\C)CC/C=C(\C)[C@@H](O)C1. The summed E-state index contributed by atoms with van der Waals surface area (Å²) in [6.45, 7) is 8.50. The average molecular weight is 220 g/mol. The lowest BCUT2D eigenvalue weighted by Gasteiger charge is -2.17. The van der Waals surface area contributed by atoms with Gasteiger partial charge in [0.15, 0.2) is 0 Å². The summed E-state index contributed by atoms with van der Waals surface area (Å²) in [5.74, 6) is 0. The van der Waals surface area contributed by atoms with Crippen LogP contribution >= 0.6 is 0 Å². The highest BCUT2D eigenvalue weighted by Gasteiger charge is 2.11. The van der Waals surface area contributed by atoms with Crippen LogP contribution in [0.1, 0.15) is 53.4 Å². The predicted octanol–water partition coefficient (Wildman–Crippen LogP) is 4.15. The van der Waals surface area contributed by atoms with Crippen molar-refractivity contribution in [3.63, 3.8) is 0 Å². The van der Waals surface area contributed by atoms with E-state index in [0.717, 1.165) is 31.3 Å². The maximum atomic E-state index is 10.1. The van der Waals surface area contributed by atoms with Gasteiger partial charge in [-0.2, -0.15) is 0 Å². The molecule has 0 spiro atoms. The van der Waals surface area contributed by atoms with Crippen LogP contribution in [-0.2, 0) is 0 Å². The van der Waals surface area contributed by atoms with E-state index in [0.29, 0.717) is 0 Å². The van der Waals surface area contributed by atoms with E-state index >= 15 is 0 Å². The van der Waals surface area contributed by atoms with E-state index in [9.17, 15) is 5.11 Å². The van der Waals surface area contributed by atoms with Gasteiger partial charge in [-0.15, -0.1) is 0 Å². The van der Waals surface area contributed by atoms with E-state index in [-0.39, 0.29) is 6.10 Å². The third-order valence-electron chi connectivity index (χ3n) is 3.37. The Morgan fingerprint density at radius 2 is 1.94 bits per heavy atom. The van der Waals surface area contributed by atoms with Crippen molar-refractivity contribution in [3.05, 3.63) is 34.4 Å². The van der Waals surface area contributed by atoms with Crippen LogP contribution in [0, 0.1) is 0 Å². The molecule has 1 aliphatic carbocycles. The van der Waals surface area contributed by atoms with E-state index in [2.05, 4.69) is 32.9 Å². The molecule has 0 aromatic rings. The summed E-state index contributed by atoms with van der Waals surface area (Å²) >= 11 is 0. The second-order valence-electron chi connectivity index (χ2n) is 5.06. The summed E-state index contributed by atoms with van der Waals surface area (Å²) in [6, 6.07) is 0. The van der Waals surface area contributed by atoms with Gasteiger partial charge >= 0.3 is 0 Å². The Morgan fingerprint density at radius 1 is 1.25 bits per heavy atom. The van der Waals surface area contributed by atoms with Crippen LogP contribution in [0.25, 0.3) is 0 Å².